The molecule has 0 spiro atoms. The molecule has 3 fully saturated rings. The lowest BCUT2D eigenvalue weighted by atomic mass is 9.85. The molecule has 13 nitrogen and oxygen atoms in total. The van der Waals surface area contributed by atoms with Gasteiger partial charge in [-0.3, -0.25) is 19.2 Å². The van der Waals surface area contributed by atoms with Crippen molar-refractivity contribution in [1.82, 2.24) is 31.2 Å². The van der Waals surface area contributed by atoms with E-state index in [2.05, 4.69) is 26.3 Å². The second-order valence-corrected chi connectivity index (χ2v) is 15.9. The van der Waals surface area contributed by atoms with Crippen LogP contribution in [0.1, 0.15) is 87.0 Å². The van der Waals surface area contributed by atoms with E-state index in [0.717, 1.165) is 36.5 Å². The Balaban J connectivity index is 1.41. The molecule has 272 valence electrons. The fourth-order valence-electron chi connectivity index (χ4n) is 6.16. The van der Waals surface area contributed by atoms with Crippen molar-refractivity contribution in [2.75, 3.05) is 13.2 Å². The maximum absolute atomic E-state index is 14.4. The first-order valence-corrected chi connectivity index (χ1v) is 17.7. The second-order valence-electron chi connectivity index (χ2n) is 15.9. The number of urea groups is 1. The zero-order valence-electron chi connectivity index (χ0n) is 30.3. The molecule has 2 saturated carbocycles. The lowest BCUT2D eigenvalue weighted by Gasteiger charge is -2.36. The average Bonchev–Trinajstić information content (AvgIpc) is 3.97. The van der Waals surface area contributed by atoms with E-state index >= 15 is 0 Å². The zero-order valence-corrected chi connectivity index (χ0v) is 30.3. The molecule has 5 rings (SSSR count). The van der Waals surface area contributed by atoms with Crippen LogP contribution in [0.4, 0.5) is 4.79 Å². The first-order valence-electron chi connectivity index (χ1n) is 17.7. The fraction of sp³-hybridized carbons (Fsp3) is 0.622. The third-order valence-electron chi connectivity index (χ3n) is 9.05. The molecule has 5 amide bonds. The third kappa shape index (κ3) is 9.63. The van der Waals surface area contributed by atoms with E-state index in [1.165, 1.54) is 4.90 Å². The number of ketones is 1. The monoisotopic (exact) mass is 692 g/mol. The third-order valence-corrected chi connectivity index (χ3v) is 9.05. The topological polar surface area (TPSA) is 168 Å². The first-order chi connectivity index (χ1) is 23.5. The number of rotatable bonds is 13. The molecule has 1 aliphatic heterocycles. The maximum Gasteiger partial charge on any atom is 0.315 e. The van der Waals surface area contributed by atoms with E-state index in [0.29, 0.717) is 24.7 Å². The molecule has 2 unspecified atom stereocenters. The maximum atomic E-state index is 14.4. The van der Waals surface area contributed by atoms with Gasteiger partial charge in [0.15, 0.2) is 0 Å². The Labute approximate surface area is 294 Å². The van der Waals surface area contributed by atoms with Crippen molar-refractivity contribution >= 4 is 40.3 Å². The van der Waals surface area contributed by atoms with Crippen LogP contribution in [0.2, 0.25) is 0 Å². The highest BCUT2D eigenvalue weighted by Gasteiger charge is 2.47. The summed E-state index contributed by atoms with van der Waals surface area (Å²) in [5.41, 5.74) is -1.28. The van der Waals surface area contributed by atoms with Crippen molar-refractivity contribution in [3.8, 4) is 11.6 Å². The van der Waals surface area contributed by atoms with Crippen LogP contribution in [0.15, 0.2) is 30.5 Å². The minimum atomic E-state index is -1.04. The molecular formula is C37H52N6O7. The van der Waals surface area contributed by atoms with Gasteiger partial charge in [0.25, 0.3) is 5.91 Å². The van der Waals surface area contributed by atoms with Crippen molar-refractivity contribution in [1.29, 1.82) is 0 Å². The number of nitrogens with zero attached hydrogens (tertiary/aromatic N) is 2. The SMILES string of the molecule is CCOc1ccc2c(O[C@@H]3C[C@@H](C(=O)NC(CC4CC4)C(=O)C(=O)NC4CC4)N(C(=O)C(NC(=O)NC(C)(C)C)C(C)(C)C)C3)nccc2c1. The number of ether oxygens (including phenoxy) is 2. The van der Waals surface area contributed by atoms with Gasteiger partial charge >= 0.3 is 6.03 Å². The van der Waals surface area contributed by atoms with E-state index in [1.807, 2.05) is 72.7 Å². The molecular weight excluding hydrogens is 640 g/mol. The van der Waals surface area contributed by atoms with Crippen molar-refractivity contribution in [3.05, 3.63) is 30.5 Å². The molecule has 1 saturated heterocycles. The van der Waals surface area contributed by atoms with Gasteiger partial charge < -0.3 is 35.6 Å². The van der Waals surface area contributed by atoms with E-state index < -0.39 is 64.7 Å². The van der Waals surface area contributed by atoms with Crippen LogP contribution in [0, 0.1) is 11.3 Å². The molecule has 1 aromatic heterocycles. The number of aromatic nitrogens is 1. The van der Waals surface area contributed by atoms with Gasteiger partial charge in [0, 0.05) is 29.6 Å². The summed E-state index contributed by atoms with van der Waals surface area (Å²) >= 11 is 0. The number of fused-ring (bicyclic) bond motifs is 1. The van der Waals surface area contributed by atoms with Crippen LogP contribution >= 0.6 is 0 Å². The van der Waals surface area contributed by atoms with Gasteiger partial charge in [0.05, 0.1) is 19.2 Å². The summed E-state index contributed by atoms with van der Waals surface area (Å²) in [7, 11) is 0. The summed E-state index contributed by atoms with van der Waals surface area (Å²) in [4.78, 5) is 73.6. The number of carbonyl (C=O) groups excluding carboxylic acids is 5. The van der Waals surface area contributed by atoms with Crippen LogP contribution in [0.25, 0.3) is 10.8 Å². The predicted molar refractivity (Wildman–Crippen MR) is 188 cm³/mol. The van der Waals surface area contributed by atoms with Crippen molar-refractivity contribution in [2.45, 2.75) is 123 Å². The first kappa shape index (κ1) is 36.9. The molecule has 4 N–H and O–H groups in total. The van der Waals surface area contributed by atoms with E-state index in [-0.39, 0.29) is 24.9 Å². The molecule has 4 atom stereocenters. The number of pyridine rings is 1. The lowest BCUT2D eigenvalue weighted by Crippen LogP contribution is -2.61. The van der Waals surface area contributed by atoms with E-state index in [1.54, 1.807) is 6.20 Å². The number of benzene rings is 1. The van der Waals surface area contributed by atoms with Crippen LogP contribution < -0.4 is 30.7 Å². The fourth-order valence-corrected chi connectivity index (χ4v) is 6.16. The molecule has 0 radical (unpaired) electrons. The summed E-state index contributed by atoms with van der Waals surface area (Å²) in [5, 5.41) is 12.9. The summed E-state index contributed by atoms with van der Waals surface area (Å²) in [5.74, 6) is -1.10. The second kappa shape index (κ2) is 14.8. The summed E-state index contributed by atoms with van der Waals surface area (Å²) in [6, 6.07) is 3.87. The summed E-state index contributed by atoms with van der Waals surface area (Å²) in [6.45, 7) is 13.5. The number of amides is 5. The van der Waals surface area contributed by atoms with Gasteiger partial charge in [-0.15, -0.1) is 0 Å². The summed E-state index contributed by atoms with van der Waals surface area (Å²) in [6.07, 6.45) is 4.95. The highest BCUT2D eigenvalue weighted by molar-refractivity contribution is 6.38. The van der Waals surface area contributed by atoms with Crippen LogP contribution in [0.3, 0.4) is 0 Å². The Morgan fingerprint density at radius 3 is 2.32 bits per heavy atom. The smallest absolute Gasteiger partial charge is 0.315 e. The number of Topliss-reactive ketones (excluding diaryl/α,β-unsaturated/α-hetero) is 1. The Morgan fingerprint density at radius 1 is 0.980 bits per heavy atom. The zero-order chi connectivity index (χ0) is 36.4. The number of hydrogen-bond acceptors (Lipinski definition) is 8. The molecule has 2 aliphatic carbocycles. The highest BCUT2D eigenvalue weighted by atomic mass is 16.5. The predicted octanol–water partition coefficient (Wildman–Crippen LogP) is 3.63. The van der Waals surface area contributed by atoms with Gasteiger partial charge in [0.1, 0.15) is 23.9 Å². The van der Waals surface area contributed by atoms with Crippen molar-refractivity contribution < 1.29 is 33.4 Å². The molecule has 50 heavy (non-hydrogen) atoms. The minimum Gasteiger partial charge on any atom is -0.494 e. The van der Waals surface area contributed by atoms with Gasteiger partial charge in [-0.1, -0.05) is 33.6 Å². The number of carbonyl (C=O) groups is 5. The normalized spacial score (nSPS) is 20.4. The Hall–Kier alpha value is -4.42. The molecule has 13 heteroatoms. The molecule has 3 aliphatic rings. The number of likely N-dealkylation sites (tertiary alicyclic amines) is 1. The minimum absolute atomic E-state index is 0.00432. The largest absolute Gasteiger partial charge is 0.494 e. The van der Waals surface area contributed by atoms with Gasteiger partial charge in [-0.05, 0) is 87.9 Å². The van der Waals surface area contributed by atoms with E-state index in [9.17, 15) is 24.0 Å². The standard InChI is InChI=1S/C37H52N6O7/c1-8-49-24-13-14-26-22(18-24)15-16-38-33(26)50-25-19-28(31(45)40-27(17-21-9-10-21)29(44)32(46)39-23-11-12-23)43(20-25)34(47)30(36(2,3)4)41-35(48)42-37(5,6)7/h13-16,18,21,23,25,27-28,30H,8-12,17,19-20H2,1-7H3,(H,39,46)(H,40,45)(H2,41,42,48)/t25-,27?,28+,30?/m1/s1. The van der Waals surface area contributed by atoms with Gasteiger partial charge in [-0.25, -0.2) is 9.78 Å². The Kier molecular flexibility index (Phi) is 10.9. The Bertz CT molecular complexity index is 1610. The molecule has 1 aromatic carbocycles. The average molecular weight is 693 g/mol. The Morgan fingerprint density at radius 2 is 1.70 bits per heavy atom. The number of hydrogen-bond donors (Lipinski definition) is 4. The van der Waals surface area contributed by atoms with Crippen molar-refractivity contribution in [2.24, 2.45) is 11.3 Å². The quantitative estimate of drug-likeness (QED) is 0.231. The lowest BCUT2D eigenvalue weighted by molar-refractivity contribution is -0.144. The van der Waals surface area contributed by atoms with Crippen LogP contribution in [-0.4, -0.2) is 88.4 Å². The van der Waals surface area contributed by atoms with Crippen LogP contribution in [-0.2, 0) is 19.2 Å². The molecule has 0 bridgehead atoms. The molecule has 2 heterocycles. The number of nitrogens with one attached hydrogen (secondary N) is 4. The highest BCUT2D eigenvalue weighted by Crippen LogP contribution is 2.35. The molecule has 2 aromatic rings. The van der Waals surface area contributed by atoms with Crippen LogP contribution in [0.5, 0.6) is 11.6 Å². The summed E-state index contributed by atoms with van der Waals surface area (Å²) < 4.78 is 12.1. The van der Waals surface area contributed by atoms with Gasteiger partial charge in [0.2, 0.25) is 23.5 Å². The van der Waals surface area contributed by atoms with Crippen molar-refractivity contribution in [3.63, 3.8) is 0 Å². The van der Waals surface area contributed by atoms with Gasteiger partial charge in [-0.2, -0.15) is 0 Å². The van der Waals surface area contributed by atoms with E-state index in [4.69, 9.17) is 9.47 Å².